The molecule has 1 N–H and O–H groups in total. The molecule has 0 fully saturated rings. The number of para-hydroxylation sites is 1. The summed E-state index contributed by atoms with van der Waals surface area (Å²) in [6.07, 6.45) is 2.86. The van der Waals surface area contributed by atoms with Crippen LogP contribution in [0.3, 0.4) is 0 Å². The molecule has 0 radical (unpaired) electrons. The van der Waals surface area contributed by atoms with Gasteiger partial charge in [-0.15, -0.1) is 11.3 Å². The monoisotopic (exact) mass is 283 g/mol. The Morgan fingerprint density at radius 1 is 1.20 bits per heavy atom. The van der Waals surface area contributed by atoms with Gasteiger partial charge in [-0.05, 0) is 44.2 Å². The molecule has 0 bridgehead atoms. The number of thiazole rings is 1. The van der Waals surface area contributed by atoms with Gasteiger partial charge in [-0.2, -0.15) is 0 Å². The van der Waals surface area contributed by atoms with Crippen molar-refractivity contribution in [3.63, 3.8) is 0 Å². The lowest BCUT2D eigenvalue weighted by Gasteiger charge is -2.13. The van der Waals surface area contributed by atoms with Crippen molar-refractivity contribution < 1.29 is 0 Å². The van der Waals surface area contributed by atoms with Gasteiger partial charge >= 0.3 is 0 Å². The van der Waals surface area contributed by atoms with Crippen LogP contribution >= 0.6 is 11.3 Å². The second-order valence-electron chi connectivity index (χ2n) is 4.87. The third kappa shape index (κ3) is 2.71. The van der Waals surface area contributed by atoms with Gasteiger partial charge in [0.2, 0.25) is 0 Å². The summed E-state index contributed by atoms with van der Waals surface area (Å²) < 4.78 is 1.24. The maximum absolute atomic E-state index is 4.73. The van der Waals surface area contributed by atoms with Gasteiger partial charge < -0.3 is 5.32 Å². The molecule has 0 aliphatic carbocycles. The number of fused-ring (bicyclic) bond motifs is 1. The van der Waals surface area contributed by atoms with Gasteiger partial charge in [0.05, 0.1) is 16.3 Å². The normalized spacial score (nSPS) is 12.7. The lowest BCUT2D eigenvalue weighted by atomic mass is 10.1. The number of nitrogens with one attached hydrogen (secondary N) is 1. The zero-order chi connectivity index (χ0) is 13.9. The van der Waals surface area contributed by atoms with Gasteiger partial charge in [0.25, 0.3) is 0 Å². The van der Waals surface area contributed by atoms with Crippen LogP contribution in [-0.2, 0) is 6.42 Å². The summed E-state index contributed by atoms with van der Waals surface area (Å²) in [6, 6.07) is 12.7. The van der Waals surface area contributed by atoms with Crippen molar-refractivity contribution in [3.8, 4) is 0 Å². The van der Waals surface area contributed by atoms with Gasteiger partial charge in [-0.1, -0.05) is 18.2 Å². The molecule has 4 heteroatoms. The highest BCUT2D eigenvalue weighted by atomic mass is 32.1. The number of likely N-dealkylation sites (N-methyl/N-ethyl adjacent to an activating group) is 1. The van der Waals surface area contributed by atoms with E-state index < -0.39 is 0 Å². The lowest BCUT2D eigenvalue weighted by Crippen LogP contribution is -2.18. The number of hydrogen-bond acceptors (Lipinski definition) is 4. The minimum Gasteiger partial charge on any atom is -0.311 e. The molecule has 0 saturated heterocycles. The molecule has 1 aromatic carbocycles. The number of benzene rings is 1. The largest absolute Gasteiger partial charge is 0.311 e. The van der Waals surface area contributed by atoms with Crippen molar-refractivity contribution in [2.75, 3.05) is 7.05 Å². The predicted molar refractivity (Wildman–Crippen MR) is 84.1 cm³/mol. The van der Waals surface area contributed by atoms with Crippen molar-refractivity contribution in [2.45, 2.75) is 19.4 Å². The molecular formula is C16H17N3S. The van der Waals surface area contributed by atoms with Gasteiger partial charge in [0, 0.05) is 11.9 Å². The van der Waals surface area contributed by atoms with E-state index in [0.29, 0.717) is 0 Å². The summed E-state index contributed by atoms with van der Waals surface area (Å²) in [5.41, 5.74) is 3.36. The van der Waals surface area contributed by atoms with Crippen LogP contribution in [-0.4, -0.2) is 17.0 Å². The number of aromatic nitrogens is 2. The first-order valence-electron chi connectivity index (χ1n) is 6.70. The third-order valence-electron chi connectivity index (χ3n) is 3.37. The Balaban J connectivity index is 1.87. The first-order chi connectivity index (χ1) is 9.76. The predicted octanol–water partition coefficient (Wildman–Crippen LogP) is 3.50. The molecule has 1 unspecified atom stereocenters. The standard InChI is InChI=1S/C16H17N3S/c1-11-7-8-12(10-18-11)9-14(17-2)16-19-13-5-3-4-6-15(13)20-16/h3-8,10,14,17H,9H2,1-2H3. The Bertz CT molecular complexity index is 670. The van der Waals surface area contributed by atoms with E-state index in [1.165, 1.54) is 10.3 Å². The summed E-state index contributed by atoms with van der Waals surface area (Å²) >= 11 is 1.76. The molecule has 0 spiro atoms. The SMILES string of the molecule is CNC(Cc1ccc(C)nc1)c1nc2ccccc2s1. The van der Waals surface area contributed by atoms with Crippen LogP contribution in [0, 0.1) is 6.92 Å². The topological polar surface area (TPSA) is 37.8 Å². The summed E-state index contributed by atoms with van der Waals surface area (Å²) in [6.45, 7) is 2.01. The molecule has 3 rings (SSSR count). The van der Waals surface area contributed by atoms with E-state index >= 15 is 0 Å². The fourth-order valence-electron chi connectivity index (χ4n) is 2.21. The highest BCUT2D eigenvalue weighted by Gasteiger charge is 2.15. The van der Waals surface area contributed by atoms with Crippen LogP contribution in [0.5, 0.6) is 0 Å². The average molecular weight is 283 g/mol. The Kier molecular flexibility index (Phi) is 3.76. The van der Waals surface area contributed by atoms with E-state index in [4.69, 9.17) is 4.98 Å². The first kappa shape index (κ1) is 13.2. The summed E-state index contributed by atoms with van der Waals surface area (Å²) in [5, 5.41) is 4.50. The molecule has 20 heavy (non-hydrogen) atoms. The molecule has 2 heterocycles. The van der Waals surface area contributed by atoms with Gasteiger partial charge in [0.1, 0.15) is 5.01 Å². The van der Waals surface area contributed by atoms with Crippen molar-refractivity contribution in [3.05, 3.63) is 58.9 Å². The molecule has 0 aliphatic heterocycles. The van der Waals surface area contributed by atoms with Crippen LogP contribution < -0.4 is 5.32 Å². The highest BCUT2D eigenvalue weighted by Crippen LogP contribution is 2.27. The Morgan fingerprint density at radius 2 is 2.05 bits per heavy atom. The fourth-order valence-corrected chi connectivity index (χ4v) is 3.28. The minimum absolute atomic E-state index is 0.233. The quantitative estimate of drug-likeness (QED) is 0.796. The molecule has 2 aromatic heterocycles. The number of rotatable bonds is 4. The molecular weight excluding hydrogens is 266 g/mol. The van der Waals surface area contributed by atoms with Gasteiger partial charge in [0.15, 0.2) is 0 Å². The fraction of sp³-hybridized carbons (Fsp3) is 0.250. The van der Waals surface area contributed by atoms with Gasteiger partial charge in [-0.25, -0.2) is 4.98 Å². The smallest absolute Gasteiger partial charge is 0.111 e. The third-order valence-corrected chi connectivity index (χ3v) is 4.52. The van der Waals surface area contributed by atoms with Crippen LogP contribution in [0.1, 0.15) is 22.3 Å². The molecule has 3 nitrogen and oxygen atoms in total. The van der Waals surface area contributed by atoms with Crippen LogP contribution in [0.4, 0.5) is 0 Å². The second-order valence-corrected chi connectivity index (χ2v) is 5.94. The van der Waals surface area contributed by atoms with Crippen molar-refractivity contribution in [1.29, 1.82) is 0 Å². The Morgan fingerprint density at radius 3 is 2.75 bits per heavy atom. The average Bonchev–Trinajstić information content (AvgIpc) is 2.90. The number of nitrogens with zero attached hydrogens (tertiary/aromatic N) is 2. The summed E-state index contributed by atoms with van der Waals surface area (Å²) in [7, 11) is 1.98. The zero-order valence-electron chi connectivity index (χ0n) is 11.6. The lowest BCUT2D eigenvalue weighted by molar-refractivity contribution is 0.588. The number of hydrogen-bond donors (Lipinski definition) is 1. The maximum Gasteiger partial charge on any atom is 0.111 e. The van der Waals surface area contributed by atoms with Crippen molar-refractivity contribution in [1.82, 2.24) is 15.3 Å². The van der Waals surface area contributed by atoms with Crippen molar-refractivity contribution >= 4 is 21.6 Å². The summed E-state index contributed by atoms with van der Waals surface area (Å²) in [5.74, 6) is 0. The number of aryl methyl sites for hydroxylation is 1. The minimum atomic E-state index is 0.233. The second kappa shape index (κ2) is 5.69. The van der Waals surface area contributed by atoms with Crippen LogP contribution in [0.2, 0.25) is 0 Å². The molecule has 3 aromatic rings. The Labute approximate surface area is 122 Å². The maximum atomic E-state index is 4.73. The molecule has 102 valence electrons. The first-order valence-corrected chi connectivity index (χ1v) is 7.52. The van der Waals surface area contributed by atoms with Crippen LogP contribution in [0.25, 0.3) is 10.2 Å². The van der Waals surface area contributed by atoms with Crippen molar-refractivity contribution in [2.24, 2.45) is 0 Å². The van der Waals surface area contributed by atoms with E-state index in [2.05, 4.69) is 40.6 Å². The number of pyridine rings is 1. The molecule has 0 aliphatic rings. The zero-order valence-corrected chi connectivity index (χ0v) is 12.4. The van der Waals surface area contributed by atoms with Gasteiger partial charge in [-0.3, -0.25) is 4.98 Å². The molecule has 0 amide bonds. The van der Waals surface area contributed by atoms with E-state index in [9.17, 15) is 0 Å². The van der Waals surface area contributed by atoms with E-state index in [1.54, 1.807) is 11.3 Å². The van der Waals surface area contributed by atoms with Crippen LogP contribution in [0.15, 0.2) is 42.6 Å². The van der Waals surface area contributed by atoms with E-state index in [0.717, 1.165) is 22.6 Å². The summed E-state index contributed by atoms with van der Waals surface area (Å²) in [4.78, 5) is 9.09. The van der Waals surface area contributed by atoms with E-state index in [1.807, 2.05) is 26.2 Å². The Hall–Kier alpha value is -1.78. The molecule has 0 saturated carbocycles. The highest BCUT2D eigenvalue weighted by molar-refractivity contribution is 7.18. The molecule has 1 atom stereocenters. The van der Waals surface area contributed by atoms with E-state index in [-0.39, 0.29) is 6.04 Å².